The molecule has 0 aliphatic carbocycles. The van der Waals surface area contributed by atoms with Crippen LogP contribution in [-0.4, -0.2) is 28.3 Å². The Hall–Kier alpha value is -1.98. The van der Waals surface area contributed by atoms with Gasteiger partial charge in [0.15, 0.2) is 0 Å². The Morgan fingerprint density at radius 3 is 2.75 bits per heavy atom. The van der Waals surface area contributed by atoms with Crippen LogP contribution in [-0.2, 0) is 0 Å². The predicted molar refractivity (Wildman–Crippen MR) is 72.0 cm³/mol. The molecule has 0 N–H and O–H groups in total. The van der Waals surface area contributed by atoms with Gasteiger partial charge in [-0.2, -0.15) is 4.39 Å². The molecule has 1 fully saturated rings. The van der Waals surface area contributed by atoms with Gasteiger partial charge in [0.2, 0.25) is 5.82 Å². The number of piperidine rings is 1. The third kappa shape index (κ3) is 2.64. The fraction of sp³-hybridized carbons (Fsp3) is 0.500. The van der Waals surface area contributed by atoms with Gasteiger partial charge < -0.3 is 4.90 Å². The summed E-state index contributed by atoms with van der Waals surface area (Å²) in [5.41, 5.74) is -0.448. The van der Waals surface area contributed by atoms with Gasteiger partial charge in [0, 0.05) is 24.2 Å². The minimum absolute atomic E-state index is 0.0921. The molecule has 1 aliphatic rings. The summed E-state index contributed by atoms with van der Waals surface area (Å²) in [6, 6.07) is 3.40. The normalized spacial score (nSPS) is 22.6. The highest BCUT2D eigenvalue weighted by Gasteiger charge is 2.29. The third-order valence-electron chi connectivity index (χ3n) is 4.03. The fourth-order valence-electron chi connectivity index (χ4n) is 2.58. The van der Waals surface area contributed by atoms with E-state index >= 15 is 0 Å². The molecule has 1 aromatic rings. The van der Waals surface area contributed by atoms with Crippen LogP contribution in [0.25, 0.3) is 0 Å². The molecule has 0 radical (unpaired) electrons. The lowest BCUT2D eigenvalue weighted by Gasteiger charge is -2.38. The van der Waals surface area contributed by atoms with E-state index in [0.717, 1.165) is 25.0 Å². The molecule has 5 nitrogen and oxygen atoms in total. The van der Waals surface area contributed by atoms with Crippen molar-refractivity contribution in [3.05, 3.63) is 39.7 Å². The lowest BCUT2D eigenvalue weighted by molar-refractivity contribution is -0.387. The Morgan fingerprint density at radius 1 is 1.45 bits per heavy atom. The van der Waals surface area contributed by atoms with E-state index < -0.39 is 16.4 Å². The number of nitro benzene ring substituents is 1. The SMILES string of the molecule is CC1CCCN(C(=O)c2ccc([N+](=O)[O-])c(F)c2)C1C. The summed E-state index contributed by atoms with van der Waals surface area (Å²) in [5, 5.41) is 10.6. The van der Waals surface area contributed by atoms with Crippen molar-refractivity contribution in [1.82, 2.24) is 4.90 Å². The zero-order valence-electron chi connectivity index (χ0n) is 11.5. The van der Waals surface area contributed by atoms with Crippen LogP contribution in [0.5, 0.6) is 0 Å². The van der Waals surface area contributed by atoms with Gasteiger partial charge in [-0.3, -0.25) is 14.9 Å². The lowest BCUT2D eigenvalue weighted by Crippen LogP contribution is -2.46. The highest BCUT2D eigenvalue weighted by Crippen LogP contribution is 2.26. The molecule has 108 valence electrons. The minimum atomic E-state index is -0.974. The number of halogens is 1. The van der Waals surface area contributed by atoms with Crippen molar-refractivity contribution in [2.24, 2.45) is 5.92 Å². The number of benzene rings is 1. The van der Waals surface area contributed by atoms with Gasteiger partial charge in [-0.15, -0.1) is 0 Å². The monoisotopic (exact) mass is 280 g/mol. The molecule has 2 atom stereocenters. The second-order valence-electron chi connectivity index (χ2n) is 5.28. The van der Waals surface area contributed by atoms with Crippen molar-refractivity contribution >= 4 is 11.6 Å². The zero-order chi connectivity index (χ0) is 14.9. The Labute approximate surface area is 116 Å². The summed E-state index contributed by atoms with van der Waals surface area (Å²) in [5.74, 6) is -0.841. The molecule has 6 heteroatoms. The Morgan fingerprint density at radius 2 is 2.15 bits per heavy atom. The van der Waals surface area contributed by atoms with E-state index in [1.807, 2.05) is 6.92 Å². The number of carbonyl (C=O) groups excluding carboxylic acids is 1. The Kier molecular flexibility index (Phi) is 4.01. The molecule has 2 rings (SSSR count). The fourth-order valence-corrected chi connectivity index (χ4v) is 2.58. The summed E-state index contributed by atoms with van der Waals surface area (Å²) < 4.78 is 13.6. The van der Waals surface area contributed by atoms with Crippen LogP contribution in [0, 0.1) is 21.8 Å². The van der Waals surface area contributed by atoms with Gasteiger partial charge in [-0.05, 0) is 37.8 Å². The molecule has 0 aromatic heterocycles. The maximum atomic E-state index is 13.6. The number of amides is 1. The van der Waals surface area contributed by atoms with Crippen molar-refractivity contribution in [2.75, 3.05) is 6.54 Å². The summed E-state index contributed by atoms with van der Waals surface area (Å²) in [6.45, 7) is 4.70. The average molecular weight is 280 g/mol. The highest BCUT2D eigenvalue weighted by molar-refractivity contribution is 5.94. The molecule has 0 spiro atoms. The molecule has 1 heterocycles. The summed E-state index contributed by atoms with van der Waals surface area (Å²) in [6.07, 6.45) is 1.99. The number of carbonyl (C=O) groups is 1. The average Bonchev–Trinajstić information content (AvgIpc) is 2.40. The Bertz CT molecular complexity index is 547. The quantitative estimate of drug-likeness (QED) is 0.618. The standard InChI is InChI=1S/C14H17FN2O3/c1-9-4-3-7-16(10(9)2)14(18)11-5-6-13(17(19)20)12(15)8-11/h5-6,8-10H,3-4,7H2,1-2H3. The van der Waals surface area contributed by atoms with E-state index in [0.29, 0.717) is 12.5 Å². The molecule has 1 aliphatic heterocycles. The second-order valence-corrected chi connectivity index (χ2v) is 5.28. The maximum absolute atomic E-state index is 13.6. The van der Waals surface area contributed by atoms with E-state index in [2.05, 4.69) is 6.92 Å². The number of nitro groups is 1. The van der Waals surface area contributed by atoms with Crippen molar-refractivity contribution in [1.29, 1.82) is 0 Å². The molecule has 20 heavy (non-hydrogen) atoms. The number of hydrogen-bond donors (Lipinski definition) is 0. The van der Waals surface area contributed by atoms with E-state index in [-0.39, 0.29) is 17.5 Å². The molecule has 1 aromatic carbocycles. The molecule has 0 saturated carbocycles. The highest BCUT2D eigenvalue weighted by atomic mass is 19.1. The largest absolute Gasteiger partial charge is 0.336 e. The predicted octanol–water partition coefficient (Wildman–Crippen LogP) is 2.99. The number of nitrogens with zero attached hydrogens (tertiary/aromatic N) is 2. The molecule has 2 unspecified atom stereocenters. The van der Waals surface area contributed by atoms with Gasteiger partial charge in [-0.25, -0.2) is 0 Å². The second kappa shape index (κ2) is 5.56. The van der Waals surface area contributed by atoms with E-state index in [9.17, 15) is 19.3 Å². The van der Waals surface area contributed by atoms with Crippen molar-refractivity contribution in [3.63, 3.8) is 0 Å². The van der Waals surface area contributed by atoms with E-state index in [4.69, 9.17) is 0 Å². The van der Waals surface area contributed by atoms with Gasteiger partial charge in [0.25, 0.3) is 5.91 Å². The van der Waals surface area contributed by atoms with Crippen LogP contribution in [0.2, 0.25) is 0 Å². The first kappa shape index (κ1) is 14.4. The number of rotatable bonds is 2. The summed E-state index contributed by atoms with van der Waals surface area (Å²) in [4.78, 5) is 23.9. The summed E-state index contributed by atoms with van der Waals surface area (Å²) in [7, 11) is 0. The molecule has 1 saturated heterocycles. The van der Waals surface area contributed by atoms with Crippen molar-refractivity contribution in [3.8, 4) is 0 Å². The third-order valence-corrected chi connectivity index (χ3v) is 4.03. The molecular weight excluding hydrogens is 263 g/mol. The van der Waals surface area contributed by atoms with E-state index in [1.165, 1.54) is 6.07 Å². The zero-order valence-corrected chi connectivity index (χ0v) is 11.5. The van der Waals surface area contributed by atoms with Crippen LogP contribution < -0.4 is 0 Å². The topological polar surface area (TPSA) is 63.5 Å². The van der Waals surface area contributed by atoms with E-state index in [1.54, 1.807) is 4.90 Å². The lowest BCUT2D eigenvalue weighted by atomic mass is 9.91. The van der Waals surface area contributed by atoms with Gasteiger partial charge in [0.1, 0.15) is 0 Å². The van der Waals surface area contributed by atoms with Crippen LogP contribution >= 0.6 is 0 Å². The first-order valence-corrected chi connectivity index (χ1v) is 6.66. The first-order valence-electron chi connectivity index (χ1n) is 6.66. The number of hydrogen-bond acceptors (Lipinski definition) is 3. The minimum Gasteiger partial charge on any atom is -0.336 e. The van der Waals surface area contributed by atoms with Crippen LogP contribution in [0.3, 0.4) is 0 Å². The maximum Gasteiger partial charge on any atom is 0.304 e. The number of likely N-dealkylation sites (tertiary alicyclic amines) is 1. The van der Waals surface area contributed by atoms with Crippen molar-refractivity contribution < 1.29 is 14.1 Å². The van der Waals surface area contributed by atoms with Crippen LogP contribution in [0.15, 0.2) is 18.2 Å². The van der Waals surface area contributed by atoms with Gasteiger partial charge in [0.05, 0.1) is 4.92 Å². The molecule has 0 bridgehead atoms. The smallest absolute Gasteiger partial charge is 0.304 e. The first-order chi connectivity index (χ1) is 9.41. The summed E-state index contributed by atoms with van der Waals surface area (Å²) >= 11 is 0. The van der Waals surface area contributed by atoms with Gasteiger partial charge >= 0.3 is 5.69 Å². The molecule has 1 amide bonds. The molecular formula is C14H17FN2O3. The van der Waals surface area contributed by atoms with Crippen LogP contribution in [0.4, 0.5) is 10.1 Å². The Balaban J connectivity index is 2.25. The van der Waals surface area contributed by atoms with Crippen LogP contribution in [0.1, 0.15) is 37.0 Å². The van der Waals surface area contributed by atoms with Crippen molar-refractivity contribution in [2.45, 2.75) is 32.7 Å². The van der Waals surface area contributed by atoms with Gasteiger partial charge in [-0.1, -0.05) is 6.92 Å².